The molecule has 1 aliphatic heterocycles. The van der Waals surface area contributed by atoms with E-state index < -0.39 is 0 Å². The minimum Gasteiger partial charge on any atom is -0.465 e. The molecule has 0 bridgehead atoms. The van der Waals surface area contributed by atoms with Crippen LogP contribution in [0.2, 0.25) is 0 Å². The van der Waals surface area contributed by atoms with Gasteiger partial charge in [0.05, 0.1) is 23.9 Å². The van der Waals surface area contributed by atoms with E-state index in [-0.39, 0.29) is 11.8 Å². The molecule has 1 aliphatic rings. The molecule has 0 saturated carbocycles. The Labute approximate surface area is 129 Å². The molecule has 0 radical (unpaired) electrons. The maximum absolute atomic E-state index is 12.0. The van der Waals surface area contributed by atoms with E-state index in [4.69, 9.17) is 4.74 Å². The lowest BCUT2D eigenvalue weighted by Gasteiger charge is -2.19. The zero-order chi connectivity index (χ0) is 15.9. The summed E-state index contributed by atoms with van der Waals surface area (Å²) in [7, 11) is 1.37. The molecule has 3 rings (SSSR count). The maximum atomic E-state index is 12.0. The van der Waals surface area contributed by atoms with Crippen LogP contribution in [0.4, 0.5) is 5.69 Å². The van der Waals surface area contributed by atoms with Gasteiger partial charge in [0, 0.05) is 29.7 Å². The number of rotatable bonds is 3. The van der Waals surface area contributed by atoms with Gasteiger partial charge in [0.15, 0.2) is 5.78 Å². The first-order valence-electron chi connectivity index (χ1n) is 7.53. The van der Waals surface area contributed by atoms with Gasteiger partial charge in [-0.3, -0.25) is 4.79 Å². The van der Waals surface area contributed by atoms with E-state index in [2.05, 4.69) is 9.88 Å². The Morgan fingerprint density at radius 3 is 2.50 bits per heavy atom. The first-order chi connectivity index (χ1) is 10.5. The molecule has 1 fully saturated rings. The summed E-state index contributed by atoms with van der Waals surface area (Å²) in [5, 5.41) is 0.801. The fraction of sp³-hybridized carbons (Fsp3) is 0.412. The van der Waals surface area contributed by atoms with Gasteiger partial charge in [-0.25, -0.2) is 4.79 Å². The van der Waals surface area contributed by atoms with E-state index in [1.807, 2.05) is 13.0 Å². The summed E-state index contributed by atoms with van der Waals surface area (Å²) in [4.78, 5) is 29.5. The van der Waals surface area contributed by atoms with Crippen molar-refractivity contribution < 1.29 is 14.3 Å². The number of benzene rings is 1. The molecule has 0 atom stereocenters. The first kappa shape index (κ1) is 14.6. The summed E-state index contributed by atoms with van der Waals surface area (Å²) in [5.41, 5.74) is 3.88. The van der Waals surface area contributed by atoms with Crippen LogP contribution in [0.5, 0.6) is 0 Å². The van der Waals surface area contributed by atoms with E-state index in [9.17, 15) is 9.59 Å². The van der Waals surface area contributed by atoms with Gasteiger partial charge in [-0.1, -0.05) is 0 Å². The normalized spacial score (nSPS) is 14.6. The Morgan fingerprint density at radius 2 is 1.91 bits per heavy atom. The fourth-order valence-corrected chi connectivity index (χ4v) is 3.30. The molecule has 22 heavy (non-hydrogen) atoms. The third-order valence-electron chi connectivity index (χ3n) is 4.29. The third kappa shape index (κ3) is 2.26. The minimum absolute atomic E-state index is 0.00172. The third-order valence-corrected chi connectivity index (χ3v) is 4.29. The van der Waals surface area contributed by atoms with Gasteiger partial charge >= 0.3 is 5.97 Å². The molecule has 2 heterocycles. The minimum atomic E-state index is -0.379. The number of ketones is 1. The van der Waals surface area contributed by atoms with Crippen LogP contribution >= 0.6 is 0 Å². The predicted molar refractivity (Wildman–Crippen MR) is 85.8 cm³/mol. The summed E-state index contributed by atoms with van der Waals surface area (Å²) in [6.07, 6.45) is 2.28. The van der Waals surface area contributed by atoms with E-state index >= 15 is 0 Å². The zero-order valence-corrected chi connectivity index (χ0v) is 13.2. The number of hydrogen-bond donors (Lipinski definition) is 1. The van der Waals surface area contributed by atoms with Gasteiger partial charge in [-0.15, -0.1) is 0 Å². The lowest BCUT2D eigenvalue weighted by molar-refractivity contribution is 0.0600. The van der Waals surface area contributed by atoms with Crippen molar-refractivity contribution in [2.45, 2.75) is 26.7 Å². The number of nitrogens with one attached hydrogen (secondary N) is 1. The number of anilines is 1. The maximum Gasteiger partial charge on any atom is 0.337 e. The number of aromatic amines is 1. The van der Waals surface area contributed by atoms with Gasteiger partial charge in [0.2, 0.25) is 0 Å². The van der Waals surface area contributed by atoms with E-state index in [0.717, 1.165) is 48.2 Å². The molecule has 116 valence electrons. The molecule has 1 aromatic heterocycles. The summed E-state index contributed by atoms with van der Waals surface area (Å²) in [5.74, 6) is -0.381. The van der Waals surface area contributed by atoms with Gasteiger partial charge in [0.25, 0.3) is 0 Å². The summed E-state index contributed by atoms with van der Waals surface area (Å²) < 4.78 is 4.86. The zero-order valence-electron chi connectivity index (χ0n) is 13.2. The molecular formula is C17H20N2O3. The van der Waals surface area contributed by atoms with Gasteiger partial charge in [0.1, 0.15) is 0 Å². The number of H-pyrrole nitrogens is 1. The Morgan fingerprint density at radius 1 is 1.23 bits per heavy atom. The molecule has 1 N–H and O–H groups in total. The van der Waals surface area contributed by atoms with Crippen molar-refractivity contribution in [3.63, 3.8) is 0 Å². The smallest absolute Gasteiger partial charge is 0.337 e. The Kier molecular flexibility index (Phi) is 3.64. The lowest BCUT2D eigenvalue weighted by Crippen LogP contribution is -2.18. The van der Waals surface area contributed by atoms with Crippen LogP contribution in [0.25, 0.3) is 10.9 Å². The topological polar surface area (TPSA) is 62.4 Å². The summed E-state index contributed by atoms with van der Waals surface area (Å²) in [6, 6.07) is 3.61. The highest BCUT2D eigenvalue weighted by molar-refractivity contribution is 6.12. The molecule has 0 unspecified atom stereocenters. The van der Waals surface area contributed by atoms with Crippen LogP contribution in [-0.4, -0.2) is 36.9 Å². The van der Waals surface area contributed by atoms with E-state index in [0.29, 0.717) is 11.1 Å². The molecule has 1 aromatic carbocycles. The van der Waals surface area contributed by atoms with Crippen molar-refractivity contribution in [1.29, 1.82) is 0 Å². The van der Waals surface area contributed by atoms with Crippen molar-refractivity contribution >= 4 is 28.3 Å². The number of aromatic nitrogens is 1. The molecule has 5 heteroatoms. The second kappa shape index (κ2) is 5.48. The molecular weight excluding hydrogens is 280 g/mol. The van der Waals surface area contributed by atoms with Crippen molar-refractivity contribution in [3.05, 3.63) is 29.0 Å². The van der Waals surface area contributed by atoms with Crippen molar-refractivity contribution in [2.75, 3.05) is 25.1 Å². The molecule has 0 amide bonds. The van der Waals surface area contributed by atoms with Gasteiger partial charge < -0.3 is 14.6 Å². The highest BCUT2D eigenvalue weighted by Gasteiger charge is 2.22. The summed E-state index contributed by atoms with van der Waals surface area (Å²) >= 11 is 0. The fourth-order valence-electron chi connectivity index (χ4n) is 3.30. The van der Waals surface area contributed by atoms with Crippen LogP contribution in [0, 0.1) is 6.92 Å². The van der Waals surface area contributed by atoms with Gasteiger partial charge in [-0.05, 0) is 38.8 Å². The van der Waals surface area contributed by atoms with Crippen LogP contribution in [0.15, 0.2) is 12.1 Å². The number of esters is 1. The van der Waals surface area contributed by atoms with Crippen molar-refractivity contribution in [2.24, 2.45) is 0 Å². The van der Waals surface area contributed by atoms with Crippen LogP contribution in [0.1, 0.15) is 46.2 Å². The van der Waals surface area contributed by atoms with Crippen molar-refractivity contribution in [1.82, 2.24) is 4.98 Å². The second-order valence-electron chi connectivity index (χ2n) is 5.78. The molecule has 2 aromatic rings. The number of fused-ring (bicyclic) bond motifs is 1. The van der Waals surface area contributed by atoms with Crippen molar-refractivity contribution in [3.8, 4) is 0 Å². The molecule has 1 saturated heterocycles. The number of methoxy groups -OCH3 is 1. The lowest BCUT2D eigenvalue weighted by atomic mass is 10.0. The average molecular weight is 300 g/mol. The van der Waals surface area contributed by atoms with Gasteiger partial charge in [-0.2, -0.15) is 0 Å². The molecule has 0 spiro atoms. The first-order valence-corrected chi connectivity index (χ1v) is 7.53. The number of ether oxygens (including phenoxy) is 1. The van der Waals surface area contributed by atoms with Crippen LogP contribution in [0.3, 0.4) is 0 Å². The Hall–Kier alpha value is -2.30. The number of carbonyl (C=O) groups is 2. The number of carbonyl (C=O) groups excluding carboxylic acids is 2. The quantitative estimate of drug-likeness (QED) is 0.699. The molecule has 0 aliphatic carbocycles. The highest BCUT2D eigenvalue weighted by Crippen LogP contribution is 2.34. The second-order valence-corrected chi connectivity index (χ2v) is 5.78. The number of nitrogens with zero attached hydrogens (tertiary/aromatic N) is 1. The number of Topliss-reactive ketones (excluding diaryl/α,β-unsaturated/α-hetero) is 1. The van der Waals surface area contributed by atoms with E-state index in [1.165, 1.54) is 7.11 Å². The Balaban J connectivity index is 2.29. The van der Waals surface area contributed by atoms with Crippen LogP contribution in [-0.2, 0) is 4.74 Å². The van der Waals surface area contributed by atoms with E-state index in [1.54, 1.807) is 13.0 Å². The SMILES string of the molecule is COC(=O)c1cc(N2CCCC2)c2[nH]c(C)c(C(C)=O)c2c1. The number of hydrogen-bond acceptors (Lipinski definition) is 4. The predicted octanol–water partition coefficient (Wildman–Crippen LogP) is 3.07. The molecule has 5 nitrogen and oxygen atoms in total. The summed E-state index contributed by atoms with van der Waals surface area (Å²) in [6.45, 7) is 5.37. The Bertz CT molecular complexity index is 755. The largest absolute Gasteiger partial charge is 0.465 e. The monoisotopic (exact) mass is 300 g/mol. The average Bonchev–Trinajstić information content (AvgIpc) is 3.11. The van der Waals surface area contributed by atoms with Crippen LogP contribution < -0.4 is 4.90 Å². The number of aryl methyl sites for hydroxylation is 1. The highest BCUT2D eigenvalue weighted by atomic mass is 16.5. The standard InChI is InChI=1S/C17H20N2O3/c1-10-15(11(2)20)13-8-12(17(21)22-3)9-14(16(13)18-10)19-6-4-5-7-19/h8-9,18H,4-7H2,1-3H3.